The monoisotopic (exact) mass is 266 g/mol. The quantitative estimate of drug-likeness (QED) is 0.780. The minimum atomic E-state index is 0.0346. The molecule has 98 valence electrons. The molecular formula is C14H19ClN2O. The molecule has 4 heteroatoms. The molecule has 0 spiro atoms. The van der Waals surface area contributed by atoms with E-state index in [4.69, 9.17) is 11.6 Å². The topological polar surface area (TPSA) is 23.6 Å². The molecule has 18 heavy (non-hydrogen) atoms. The van der Waals surface area contributed by atoms with Gasteiger partial charge in [0.1, 0.15) is 0 Å². The van der Waals surface area contributed by atoms with Crippen LogP contribution in [0, 0.1) is 0 Å². The van der Waals surface area contributed by atoms with Crippen molar-refractivity contribution in [2.45, 2.75) is 25.9 Å². The lowest BCUT2D eigenvalue weighted by atomic mass is 10.1. The smallest absolute Gasteiger partial charge is 0.255 e. The molecule has 3 nitrogen and oxygen atoms in total. The van der Waals surface area contributed by atoms with E-state index in [1.807, 2.05) is 17.0 Å². The molecule has 1 fully saturated rings. The number of hydrogen-bond donors (Lipinski definition) is 0. The van der Waals surface area contributed by atoms with E-state index in [1.165, 1.54) is 0 Å². The fourth-order valence-corrected chi connectivity index (χ4v) is 2.59. The first kappa shape index (κ1) is 13.4. The second-order valence-electron chi connectivity index (χ2n) is 5.05. The molecule has 0 saturated carbocycles. The highest BCUT2D eigenvalue weighted by Gasteiger charge is 2.30. The van der Waals surface area contributed by atoms with Crippen LogP contribution in [0.4, 0.5) is 0 Å². The molecule has 0 bridgehead atoms. The van der Waals surface area contributed by atoms with Crippen molar-refractivity contribution in [3.8, 4) is 0 Å². The van der Waals surface area contributed by atoms with Gasteiger partial charge in [0.2, 0.25) is 0 Å². The van der Waals surface area contributed by atoms with Crippen LogP contribution in [0.5, 0.6) is 0 Å². The molecule has 2 unspecified atom stereocenters. The first-order valence-electron chi connectivity index (χ1n) is 6.26. The van der Waals surface area contributed by atoms with Crippen molar-refractivity contribution in [3.63, 3.8) is 0 Å². The molecule has 1 aliphatic rings. The maximum absolute atomic E-state index is 12.4. The Bertz CT molecular complexity index is 437. The maximum atomic E-state index is 12.4. The SMILES string of the molecule is CC1CN(C(=O)c2ccccc2Cl)CC(C)N1C. The van der Waals surface area contributed by atoms with E-state index in [1.54, 1.807) is 12.1 Å². The Morgan fingerprint density at radius 1 is 1.22 bits per heavy atom. The largest absolute Gasteiger partial charge is 0.335 e. The van der Waals surface area contributed by atoms with Crippen molar-refractivity contribution in [2.75, 3.05) is 20.1 Å². The molecule has 1 aromatic rings. The van der Waals surface area contributed by atoms with Crippen LogP contribution in [0.3, 0.4) is 0 Å². The van der Waals surface area contributed by atoms with Crippen LogP contribution < -0.4 is 0 Å². The zero-order chi connectivity index (χ0) is 13.3. The van der Waals surface area contributed by atoms with Gasteiger partial charge in [-0.1, -0.05) is 23.7 Å². The first-order chi connectivity index (χ1) is 8.50. The second-order valence-corrected chi connectivity index (χ2v) is 5.46. The van der Waals surface area contributed by atoms with Gasteiger partial charge in [0, 0.05) is 25.2 Å². The summed E-state index contributed by atoms with van der Waals surface area (Å²) in [5.74, 6) is 0.0346. The van der Waals surface area contributed by atoms with Gasteiger partial charge in [-0.3, -0.25) is 9.69 Å². The fraction of sp³-hybridized carbons (Fsp3) is 0.500. The van der Waals surface area contributed by atoms with Gasteiger partial charge in [-0.05, 0) is 33.0 Å². The summed E-state index contributed by atoms with van der Waals surface area (Å²) in [5.41, 5.74) is 0.600. The normalized spacial score (nSPS) is 25.2. The number of hydrogen-bond acceptors (Lipinski definition) is 2. The average Bonchev–Trinajstić information content (AvgIpc) is 2.35. The van der Waals surface area contributed by atoms with E-state index in [0.717, 1.165) is 13.1 Å². The van der Waals surface area contributed by atoms with E-state index in [0.29, 0.717) is 22.7 Å². The van der Waals surface area contributed by atoms with Crippen molar-refractivity contribution < 1.29 is 4.79 Å². The Morgan fingerprint density at radius 2 is 1.78 bits per heavy atom. The molecule has 1 aliphatic heterocycles. The van der Waals surface area contributed by atoms with Crippen molar-refractivity contribution in [3.05, 3.63) is 34.9 Å². The first-order valence-corrected chi connectivity index (χ1v) is 6.64. The third-order valence-electron chi connectivity index (χ3n) is 3.75. The Kier molecular flexibility index (Phi) is 3.93. The molecule has 0 aromatic heterocycles. The lowest BCUT2D eigenvalue weighted by Crippen LogP contribution is -2.56. The van der Waals surface area contributed by atoms with Gasteiger partial charge in [0.25, 0.3) is 5.91 Å². The van der Waals surface area contributed by atoms with Crippen LogP contribution in [-0.2, 0) is 0 Å². The van der Waals surface area contributed by atoms with Crippen LogP contribution >= 0.6 is 11.6 Å². The van der Waals surface area contributed by atoms with E-state index in [-0.39, 0.29) is 5.91 Å². The lowest BCUT2D eigenvalue weighted by molar-refractivity contribution is 0.0414. The number of carbonyl (C=O) groups excluding carboxylic acids is 1. The third kappa shape index (κ3) is 2.52. The van der Waals surface area contributed by atoms with Crippen LogP contribution in [0.25, 0.3) is 0 Å². The van der Waals surface area contributed by atoms with Crippen LogP contribution in [0.2, 0.25) is 5.02 Å². The van der Waals surface area contributed by atoms with Crippen LogP contribution in [0.1, 0.15) is 24.2 Å². The molecule has 2 rings (SSSR count). The number of carbonyl (C=O) groups is 1. The minimum absolute atomic E-state index is 0.0346. The van der Waals surface area contributed by atoms with Crippen molar-refractivity contribution >= 4 is 17.5 Å². The summed E-state index contributed by atoms with van der Waals surface area (Å²) in [4.78, 5) is 16.6. The summed E-state index contributed by atoms with van der Waals surface area (Å²) in [5, 5.41) is 0.529. The number of amides is 1. The number of benzene rings is 1. The number of piperazine rings is 1. The zero-order valence-corrected chi connectivity index (χ0v) is 11.8. The van der Waals surface area contributed by atoms with Crippen molar-refractivity contribution in [1.82, 2.24) is 9.80 Å². The average molecular weight is 267 g/mol. The summed E-state index contributed by atoms with van der Waals surface area (Å²) in [7, 11) is 2.10. The lowest BCUT2D eigenvalue weighted by Gasteiger charge is -2.42. The molecule has 1 saturated heterocycles. The number of nitrogens with zero attached hydrogens (tertiary/aromatic N) is 2. The van der Waals surface area contributed by atoms with Crippen molar-refractivity contribution in [1.29, 1.82) is 0 Å². The summed E-state index contributed by atoms with van der Waals surface area (Å²) in [6.07, 6.45) is 0. The molecule has 1 amide bonds. The van der Waals surface area contributed by atoms with Gasteiger partial charge < -0.3 is 4.90 Å². The summed E-state index contributed by atoms with van der Waals surface area (Å²) >= 11 is 6.08. The molecule has 1 heterocycles. The van der Waals surface area contributed by atoms with E-state index in [9.17, 15) is 4.79 Å². The molecule has 0 N–H and O–H groups in total. The summed E-state index contributed by atoms with van der Waals surface area (Å²) in [6.45, 7) is 5.79. The number of rotatable bonds is 1. The summed E-state index contributed by atoms with van der Waals surface area (Å²) < 4.78 is 0. The van der Waals surface area contributed by atoms with Gasteiger partial charge in [-0.2, -0.15) is 0 Å². The van der Waals surface area contributed by atoms with E-state index >= 15 is 0 Å². The standard InChI is InChI=1S/C14H19ClN2O/c1-10-8-17(9-11(2)16(10)3)14(18)12-6-4-5-7-13(12)15/h4-7,10-11H,8-9H2,1-3H3. The van der Waals surface area contributed by atoms with Crippen molar-refractivity contribution in [2.24, 2.45) is 0 Å². The fourth-order valence-electron chi connectivity index (χ4n) is 2.38. The summed E-state index contributed by atoms with van der Waals surface area (Å²) in [6, 6.07) is 7.99. The Hall–Kier alpha value is -1.06. The van der Waals surface area contributed by atoms with Gasteiger partial charge >= 0.3 is 0 Å². The highest BCUT2D eigenvalue weighted by atomic mass is 35.5. The Morgan fingerprint density at radius 3 is 2.33 bits per heavy atom. The highest BCUT2D eigenvalue weighted by Crippen LogP contribution is 2.20. The Balaban J connectivity index is 2.18. The minimum Gasteiger partial charge on any atom is -0.335 e. The maximum Gasteiger partial charge on any atom is 0.255 e. The number of likely N-dealkylation sites (N-methyl/N-ethyl adjacent to an activating group) is 1. The highest BCUT2D eigenvalue weighted by molar-refractivity contribution is 6.33. The number of halogens is 1. The third-order valence-corrected chi connectivity index (χ3v) is 4.08. The van der Waals surface area contributed by atoms with Crippen LogP contribution in [-0.4, -0.2) is 47.9 Å². The second kappa shape index (κ2) is 5.29. The van der Waals surface area contributed by atoms with E-state index < -0.39 is 0 Å². The predicted molar refractivity (Wildman–Crippen MR) is 74.0 cm³/mol. The van der Waals surface area contributed by atoms with Gasteiger partial charge in [0.15, 0.2) is 0 Å². The van der Waals surface area contributed by atoms with Gasteiger partial charge in [-0.25, -0.2) is 0 Å². The molecule has 1 aromatic carbocycles. The molecular weight excluding hydrogens is 248 g/mol. The van der Waals surface area contributed by atoms with Gasteiger partial charge in [-0.15, -0.1) is 0 Å². The zero-order valence-electron chi connectivity index (χ0n) is 11.1. The molecule has 0 aliphatic carbocycles. The van der Waals surface area contributed by atoms with Gasteiger partial charge in [0.05, 0.1) is 10.6 Å². The Labute approximate surface area is 113 Å². The molecule has 2 atom stereocenters. The predicted octanol–water partition coefficient (Wildman–Crippen LogP) is 2.50. The van der Waals surface area contributed by atoms with Crippen LogP contribution in [0.15, 0.2) is 24.3 Å². The molecule has 0 radical (unpaired) electrons. The van der Waals surface area contributed by atoms with E-state index in [2.05, 4.69) is 25.8 Å².